The summed E-state index contributed by atoms with van der Waals surface area (Å²) in [5, 5.41) is 2.52. The van der Waals surface area contributed by atoms with Gasteiger partial charge in [0.05, 0.1) is 16.4 Å². The number of para-hydroxylation sites is 2. The molecule has 10 aromatic carbocycles. The summed E-state index contributed by atoms with van der Waals surface area (Å²) in [6.45, 7) is 0. The van der Waals surface area contributed by atoms with Gasteiger partial charge in [0.1, 0.15) is 0 Å². The molecule has 11 aromatic rings. The van der Waals surface area contributed by atoms with E-state index in [1.54, 1.807) is 0 Å². The van der Waals surface area contributed by atoms with Crippen LogP contribution >= 0.6 is 0 Å². The second-order valence-electron chi connectivity index (χ2n) is 16.8. The number of nitrogens with zero attached hydrogens (tertiary/aromatic N) is 1. The van der Waals surface area contributed by atoms with Crippen LogP contribution in [0, 0.1) is 0 Å². The molecule has 12 rings (SSSR count). The third-order valence-corrected chi connectivity index (χ3v) is 13.4. The van der Waals surface area contributed by atoms with Crippen molar-refractivity contribution in [2.24, 2.45) is 0 Å². The van der Waals surface area contributed by atoms with Crippen molar-refractivity contribution in [3.05, 3.63) is 294 Å². The van der Waals surface area contributed by atoms with E-state index >= 15 is 0 Å². The van der Waals surface area contributed by atoms with Crippen molar-refractivity contribution in [2.75, 3.05) is 0 Å². The predicted octanol–water partition coefficient (Wildman–Crippen LogP) is 15.7. The largest absolute Gasteiger partial charge is 0.309 e. The van der Waals surface area contributed by atoms with Gasteiger partial charge >= 0.3 is 0 Å². The highest BCUT2D eigenvalue weighted by atomic mass is 15.0. The van der Waals surface area contributed by atoms with Gasteiger partial charge < -0.3 is 4.57 Å². The molecule has 1 heteroatoms. The molecule has 1 heterocycles. The van der Waals surface area contributed by atoms with E-state index in [1.165, 1.54) is 99.8 Å². The van der Waals surface area contributed by atoms with E-state index in [0.717, 1.165) is 0 Å². The minimum absolute atomic E-state index is 0.0471. The average molecular weight is 802 g/mol. The molecular formula is C62H43N. The highest BCUT2D eigenvalue weighted by Gasteiger charge is 2.47. The lowest BCUT2D eigenvalue weighted by Gasteiger charge is -2.34. The first kappa shape index (κ1) is 36.8. The van der Waals surface area contributed by atoms with Crippen LogP contribution in [-0.2, 0) is 5.41 Å². The van der Waals surface area contributed by atoms with E-state index in [2.05, 4.69) is 259 Å². The maximum atomic E-state index is 2.45. The maximum absolute atomic E-state index is 2.45. The Balaban J connectivity index is 1.03. The molecule has 0 fully saturated rings. The van der Waals surface area contributed by atoms with E-state index in [0.29, 0.717) is 0 Å². The lowest BCUT2D eigenvalue weighted by Crippen LogP contribution is -2.28. The summed E-state index contributed by atoms with van der Waals surface area (Å²) >= 11 is 0. The first-order valence-electron chi connectivity index (χ1n) is 22.0. The number of aromatic nitrogens is 1. The van der Waals surface area contributed by atoms with Crippen molar-refractivity contribution >= 4 is 21.8 Å². The average Bonchev–Trinajstić information content (AvgIpc) is 3.86. The molecule has 0 spiro atoms. The molecule has 0 radical (unpaired) electrons. The fraction of sp³-hybridized carbons (Fsp3) is 0.0323. The van der Waals surface area contributed by atoms with Gasteiger partial charge in [-0.15, -0.1) is 0 Å². The van der Waals surface area contributed by atoms with Gasteiger partial charge in [-0.05, 0) is 109 Å². The summed E-state index contributed by atoms with van der Waals surface area (Å²) < 4.78 is 2.39. The maximum Gasteiger partial charge on any atom is 0.0714 e. The van der Waals surface area contributed by atoms with Gasteiger partial charge in [0.2, 0.25) is 0 Å². The van der Waals surface area contributed by atoms with Gasteiger partial charge in [0.15, 0.2) is 0 Å². The van der Waals surface area contributed by atoms with E-state index in [4.69, 9.17) is 0 Å². The molecule has 1 unspecified atom stereocenters. The third kappa shape index (κ3) is 5.92. The van der Waals surface area contributed by atoms with Crippen molar-refractivity contribution in [3.63, 3.8) is 0 Å². The molecule has 0 amide bonds. The van der Waals surface area contributed by atoms with Gasteiger partial charge in [-0.25, -0.2) is 0 Å². The zero-order valence-electron chi connectivity index (χ0n) is 34.8. The predicted molar refractivity (Wildman–Crippen MR) is 263 cm³/mol. The first-order valence-corrected chi connectivity index (χ1v) is 22.0. The Bertz CT molecular complexity index is 3370. The first-order chi connectivity index (χ1) is 31.3. The molecule has 1 atom stereocenters. The second-order valence-corrected chi connectivity index (χ2v) is 16.8. The molecule has 1 nitrogen and oxygen atoms in total. The zero-order valence-corrected chi connectivity index (χ0v) is 34.8. The van der Waals surface area contributed by atoms with Crippen LogP contribution in [0.5, 0.6) is 0 Å². The van der Waals surface area contributed by atoms with Gasteiger partial charge in [0, 0.05) is 22.4 Å². The SMILES string of the molecule is c1ccc(-c2ccc3c(c2)C(c2ccccc2)(c2ccccc2)c2cccc(-c4ccc(C(c5ccccc5)c5ccc6c(c5)c5ccccc5n6-c5ccccc5)cc4)c2-3)cc1. The van der Waals surface area contributed by atoms with Crippen LogP contribution in [0.2, 0.25) is 0 Å². The molecule has 0 saturated heterocycles. The van der Waals surface area contributed by atoms with Crippen LogP contribution in [0.4, 0.5) is 0 Å². The molecule has 0 saturated carbocycles. The number of fused-ring (bicyclic) bond motifs is 6. The lowest BCUT2D eigenvalue weighted by atomic mass is 9.67. The van der Waals surface area contributed by atoms with Crippen LogP contribution < -0.4 is 0 Å². The van der Waals surface area contributed by atoms with Crippen molar-refractivity contribution in [1.82, 2.24) is 4.57 Å². The molecule has 1 aromatic heterocycles. The smallest absolute Gasteiger partial charge is 0.0714 e. The van der Waals surface area contributed by atoms with Crippen LogP contribution in [0.1, 0.15) is 44.9 Å². The molecular weight excluding hydrogens is 759 g/mol. The summed E-state index contributed by atoms with van der Waals surface area (Å²) in [4.78, 5) is 0. The highest BCUT2D eigenvalue weighted by Crippen LogP contribution is 2.59. The molecule has 0 N–H and O–H groups in total. The minimum Gasteiger partial charge on any atom is -0.309 e. The highest BCUT2D eigenvalue weighted by molar-refractivity contribution is 6.09. The summed E-state index contributed by atoms with van der Waals surface area (Å²) in [7, 11) is 0. The van der Waals surface area contributed by atoms with Gasteiger partial charge in [-0.1, -0.05) is 218 Å². The Morgan fingerprint density at radius 3 is 1.57 bits per heavy atom. The summed E-state index contributed by atoms with van der Waals surface area (Å²) in [6, 6.07) is 94.1. The van der Waals surface area contributed by atoms with Crippen LogP contribution in [-0.4, -0.2) is 4.57 Å². The molecule has 0 bridgehead atoms. The molecule has 1 aliphatic rings. The van der Waals surface area contributed by atoms with E-state index in [-0.39, 0.29) is 5.92 Å². The summed E-state index contributed by atoms with van der Waals surface area (Å²) in [5.41, 5.74) is 19.5. The second kappa shape index (κ2) is 15.2. The quantitative estimate of drug-likeness (QED) is 0.135. The number of rotatable bonds is 8. The molecule has 296 valence electrons. The summed E-state index contributed by atoms with van der Waals surface area (Å²) in [5.74, 6) is 0.0471. The van der Waals surface area contributed by atoms with Crippen LogP contribution in [0.15, 0.2) is 255 Å². The zero-order chi connectivity index (χ0) is 41.7. The van der Waals surface area contributed by atoms with Crippen molar-refractivity contribution in [1.29, 1.82) is 0 Å². The molecule has 1 aliphatic carbocycles. The molecule has 63 heavy (non-hydrogen) atoms. The van der Waals surface area contributed by atoms with E-state index < -0.39 is 5.41 Å². The van der Waals surface area contributed by atoms with Crippen molar-refractivity contribution < 1.29 is 0 Å². The summed E-state index contributed by atoms with van der Waals surface area (Å²) in [6.07, 6.45) is 0. The van der Waals surface area contributed by atoms with Crippen molar-refractivity contribution in [2.45, 2.75) is 11.3 Å². The lowest BCUT2D eigenvalue weighted by molar-refractivity contribution is 0.769. The monoisotopic (exact) mass is 801 g/mol. The normalized spacial score (nSPS) is 13.1. The van der Waals surface area contributed by atoms with E-state index in [9.17, 15) is 0 Å². The Morgan fingerprint density at radius 2 is 0.873 bits per heavy atom. The number of hydrogen-bond donors (Lipinski definition) is 0. The van der Waals surface area contributed by atoms with Crippen molar-refractivity contribution in [3.8, 4) is 39.1 Å². The fourth-order valence-corrected chi connectivity index (χ4v) is 10.7. The fourth-order valence-electron chi connectivity index (χ4n) is 10.7. The Morgan fingerprint density at radius 1 is 0.317 bits per heavy atom. The number of hydrogen-bond acceptors (Lipinski definition) is 0. The van der Waals surface area contributed by atoms with Crippen LogP contribution in [0.3, 0.4) is 0 Å². The van der Waals surface area contributed by atoms with Gasteiger partial charge in [-0.2, -0.15) is 0 Å². The Kier molecular flexibility index (Phi) is 8.86. The topological polar surface area (TPSA) is 4.93 Å². The number of benzene rings is 10. The molecule has 0 aliphatic heterocycles. The van der Waals surface area contributed by atoms with E-state index in [1.807, 2.05) is 0 Å². The third-order valence-electron chi connectivity index (χ3n) is 13.4. The Hall–Kier alpha value is -8.00. The van der Waals surface area contributed by atoms with Gasteiger partial charge in [-0.3, -0.25) is 0 Å². The standard InChI is InChI=1S/C62H43N/c1-6-19-43(20-7-1)47-37-39-54-57(42-47)62(49-23-10-3-11-24-49,50-25-12-4-13-26-50)56-31-18-30-52(61(54)56)44-33-35-46(36-34-44)60(45-21-8-2-9-22-45)48-38-40-59-55(41-48)53-29-16-17-32-58(53)63(59)51-27-14-5-15-28-51/h1-42,60H. The Labute approximate surface area is 368 Å². The van der Waals surface area contributed by atoms with Crippen LogP contribution in [0.25, 0.3) is 60.9 Å². The van der Waals surface area contributed by atoms with Gasteiger partial charge in [0.25, 0.3) is 0 Å². The minimum atomic E-state index is -0.505.